The van der Waals surface area contributed by atoms with Gasteiger partial charge in [0.1, 0.15) is 0 Å². The maximum atomic E-state index is 6.04. The maximum absolute atomic E-state index is 6.04. The number of guanidine groups is 1. The van der Waals surface area contributed by atoms with Gasteiger partial charge in [0.05, 0.1) is 6.04 Å². The van der Waals surface area contributed by atoms with E-state index >= 15 is 0 Å². The predicted molar refractivity (Wildman–Crippen MR) is 99.1 cm³/mol. The summed E-state index contributed by atoms with van der Waals surface area (Å²) in [6, 6.07) is 11.7. The minimum absolute atomic E-state index is 0. The second kappa shape index (κ2) is 8.01. The Kier molecular flexibility index (Phi) is 6.33. The molecule has 2 atom stereocenters. The molecule has 0 spiro atoms. The van der Waals surface area contributed by atoms with E-state index in [9.17, 15) is 0 Å². The standard InChI is InChI=1S/C17H25N3.HI/c18-17(19-15-9-5-2-6-10-15)20-16-12-14(16)11-13-7-3-1-4-8-13;/h1,3-4,7-8,14-16H,2,5-6,9-12H2,(H3,18,19,20);1H. The van der Waals surface area contributed by atoms with Crippen LogP contribution in [0.4, 0.5) is 0 Å². The van der Waals surface area contributed by atoms with Crippen molar-refractivity contribution in [1.82, 2.24) is 5.32 Å². The number of nitrogens with zero attached hydrogens (tertiary/aromatic N) is 1. The summed E-state index contributed by atoms with van der Waals surface area (Å²) in [5.41, 5.74) is 7.45. The normalized spacial score (nSPS) is 26.0. The van der Waals surface area contributed by atoms with Crippen molar-refractivity contribution < 1.29 is 0 Å². The number of halogens is 1. The molecule has 0 aromatic heterocycles. The first-order chi connectivity index (χ1) is 9.81. The zero-order chi connectivity index (χ0) is 13.8. The molecule has 2 saturated carbocycles. The van der Waals surface area contributed by atoms with E-state index < -0.39 is 0 Å². The maximum Gasteiger partial charge on any atom is 0.189 e. The summed E-state index contributed by atoms with van der Waals surface area (Å²) in [5.74, 6) is 1.35. The molecule has 0 amide bonds. The molecule has 21 heavy (non-hydrogen) atoms. The molecule has 0 radical (unpaired) electrons. The first-order valence-electron chi connectivity index (χ1n) is 7.95. The van der Waals surface area contributed by atoms with Crippen molar-refractivity contribution in [1.29, 1.82) is 0 Å². The van der Waals surface area contributed by atoms with Gasteiger partial charge in [0.2, 0.25) is 0 Å². The van der Waals surface area contributed by atoms with Crippen molar-refractivity contribution in [3.63, 3.8) is 0 Å². The molecule has 3 nitrogen and oxygen atoms in total. The Balaban J connectivity index is 0.00000161. The Morgan fingerprint density at radius 3 is 2.57 bits per heavy atom. The molecule has 2 aliphatic carbocycles. The molecule has 0 bridgehead atoms. The highest BCUT2D eigenvalue weighted by Gasteiger charge is 2.37. The van der Waals surface area contributed by atoms with Gasteiger partial charge in [-0.15, -0.1) is 24.0 Å². The van der Waals surface area contributed by atoms with Crippen LogP contribution in [-0.2, 0) is 6.42 Å². The zero-order valence-electron chi connectivity index (χ0n) is 12.5. The van der Waals surface area contributed by atoms with Gasteiger partial charge in [-0.25, -0.2) is 4.99 Å². The van der Waals surface area contributed by atoms with Gasteiger partial charge in [-0.3, -0.25) is 0 Å². The molecule has 0 aliphatic heterocycles. The average Bonchev–Trinajstić information content (AvgIpc) is 3.18. The van der Waals surface area contributed by atoms with Crippen LogP contribution < -0.4 is 11.1 Å². The smallest absolute Gasteiger partial charge is 0.189 e. The van der Waals surface area contributed by atoms with Crippen LogP contribution in [0.25, 0.3) is 0 Å². The molecule has 116 valence electrons. The van der Waals surface area contributed by atoms with E-state index in [2.05, 4.69) is 40.6 Å². The van der Waals surface area contributed by atoms with Gasteiger partial charge in [-0.05, 0) is 37.2 Å². The molecule has 0 saturated heterocycles. The summed E-state index contributed by atoms with van der Waals surface area (Å²) in [6.07, 6.45) is 8.82. The Morgan fingerprint density at radius 1 is 1.14 bits per heavy atom. The summed E-state index contributed by atoms with van der Waals surface area (Å²) in [7, 11) is 0. The molecule has 1 aromatic carbocycles. The minimum Gasteiger partial charge on any atom is -0.370 e. The summed E-state index contributed by atoms with van der Waals surface area (Å²) >= 11 is 0. The molecule has 4 heteroatoms. The topological polar surface area (TPSA) is 50.4 Å². The van der Waals surface area contributed by atoms with Gasteiger partial charge in [-0.2, -0.15) is 0 Å². The van der Waals surface area contributed by atoms with Crippen molar-refractivity contribution in [3.05, 3.63) is 35.9 Å². The van der Waals surface area contributed by atoms with E-state index in [1.807, 2.05) is 0 Å². The number of rotatable bonds is 4. The van der Waals surface area contributed by atoms with Crippen molar-refractivity contribution in [3.8, 4) is 0 Å². The summed E-state index contributed by atoms with van der Waals surface area (Å²) in [5, 5.41) is 3.40. The van der Waals surface area contributed by atoms with E-state index in [-0.39, 0.29) is 24.0 Å². The fraction of sp³-hybridized carbons (Fsp3) is 0.588. The molecular weight excluding hydrogens is 373 g/mol. The number of benzene rings is 1. The fourth-order valence-electron chi connectivity index (χ4n) is 3.20. The average molecular weight is 399 g/mol. The van der Waals surface area contributed by atoms with Crippen LogP contribution in [0.15, 0.2) is 35.3 Å². The van der Waals surface area contributed by atoms with Crippen LogP contribution in [0.1, 0.15) is 44.1 Å². The lowest BCUT2D eigenvalue weighted by molar-refractivity contribution is 0.412. The van der Waals surface area contributed by atoms with Crippen LogP contribution in [0.3, 0.4) is 0 Å². The third kappa shape index (κ3) is 5.16. The van der Waals surface area contributed by atoms with Crippen LogP contribution in [0.5, 0.6) is 0 Å². The molecule has 2 unspecified atom stereocenters. The quantitative estimate of drug-likeness (QED) is 0.463. The number of hydrogen-bond acceptors (Lipinski definition) is 1. The fourth-order valence-corrected chi connectivity index (χ4v) is 3.20. The second-order valence-electron chi connectivity index (χ2n) is 6.25. The second-order valence-corrected chi connectivity index (χ2v) is 6.25. The van der Waals surface area contributed by atoms with E-state index in [1.165, 1.54) is 44.1 Å². The number of nitrogens with one attached hydrogen (secondary N) is 1. The van der Waals surface area contributed by atoms with Crippen LogP contribution in [0, 0.1) is 5.92 Å². The third-order valence-corrected chi connectivity index (χ3v) is 4.49. The number of hydrogen-bond donors (Lipinski definition) is 2. The Labute approximate surface area is 144 Å². The van der Waals surface area contributed by atoms with Gasteiger partial charge in [-0.1, -0.05) is 49.6 Å². The largest absolute Gasteiger partial charge is 0.370 e. The van der Waals surface area contributed by atoms with Gasteiger partial charge < -0.3 is 11.1 Å². The van der Waals surface area contributed by atoms with E-state index in [0.29, 0.717) is 24.0 Å². The third-order valence-electron chi connectivity index (χ3n) is 4.49. The number of nitrogens with two attached hydrogens (primary N) is 1. The predicted octanol–water partition coefficient (Wildman–Crippen LogP) is 3.47. The monoisotopic (exact) mass is 399 g/mol. The highest BCUT2D eigenvalue weighted by Crippen LogP contribution is 2.36. The van der Waals surface area contributed by atoms with Gasteiger partial charge in [0, 0.05) is 6.04 Å². The van der Waals surface area contributed by atoms with Gasteiger partial charge >= 0.3 is 0 Å². The summed E-state index contributed by atoms with van der Waals surface area (Å²) in [4.78, 5) is 4.64. The molecule has 1 aromatic rings. The lowest BCUT2D eigenvalue weighted by Crippen LogP contribution is -2.41. The Hall–Kier alpha value is -0.780. The SMILES string of the molecule is I.NC(=NC1CC1Cc1ccccc1)NC1CCCCC1. The Morgan fingerprint density at radius 2 is 1.86 bits per heavy atom. The van der Waals surface area contributed by atoms with Gasteiger partial charge in [0.25, 0.3) is 0 Å². The van der Waals surface area contributed by atoms with Crippen molar-refractivity contribution in [2.24, 2.45) is 16.6 Å². The first-order valence-corrected chi connectivity index (χ1v) is 7.95. The number of aliphatic imine (C=N–C) groups is 1. The van der Waals surface area contributed by atoms with Gasteiger partial charge in [0.15, 0.2) is 5.96 Å². The molecule has 2 aliphatic rings. The van der Waals surface area contributed by atoms with Crippen LogP contribution in [0.2, 0.25) is 0 Å². The van der Waals surface area contributed by atoms with E-state index in [0.717, 1.165) is 6.42 Å². The van der Waals surface area contributed by atoms with E-state index in [4.69, 9.17) is 5.73 Å². The van der Waals surface area contributed by atoms with Crippen LogP contribution in [-0.4, -0.2) is 18.0 Å². The van der Waals surface area contributed by atoms with E-state index in [1.54, 1.807) is 0 Å². The van der Waals surface area contributed by atoms with Crippen LogP contribution >= 0.6 is 24.0 Å². The molecule has 0 heterocycles. The molecule has 3 rings (SSSR count). The first kappa shape index (κ1) is 16.6. The van der Waals surface area contributed by atoms with Crippen molar-refractivity contribution in [2.75, 3.05) is 0 Å². The summed E-state index contributed by atoms with van der Waals surface area (Å²) < 4.78 is 0. The van der Waals surface area contributed by atoms with Crippen molar-refractivity contribution in [2.45, 2.75) is 57.0 Å². The molecular formula is C17H26IN3. The zero-order valence-corrected chi connectivity index (χ0v) is 14.8. The Bertz CT molecular complexity index is 454. The molecule has 2 fully saturated rings. The summed E-state index contributed by atoms with van der Waals surface area (Å²) in [6.45, 7) is 0. The highest BCUT2D eigenvalue weighted by molar-refractivity contribution is 14.0. The van der Waals surface area contributed by atoms with Crippen molar-refractivity contribution >= 4 is 29.9 Å². The minimum atomic E-state index is 0. The lowest BCUT2D eigenvalue weighted by atomic mass is 9.96. The highest BCUT2D eigenvalue weighted by atomic mass is 127. The molecule has 3 N–H and O–H groups in total. The lowest BCUT2D eigenvalue weighted by Gasteiger charge is -2.23.